The molecule has 58 heavy (non-hydrogen) atoms. The number of para-hydroxylation sites is 3. The summed E-state index contributed by atoms with van der Waals surface area (Å²) in [5, 5.41) is 7.13. The van der Waals surface area contributed by atoms with E-state index in [4.69, 9.17) is 19.4 Å². The van der Waals surface area contributed by atoms with Gasteiger partial charge in [-0.15, -0.1) is 11.3 Å². The van der Waals surface area contributed by atoms with Gasteiger partial charge in [-0.25, -0.2) is 15.0 Å². The lowest BCUT2D eigenvalue weighted by Gasteiger charge is -2.09. The number of hydrogen-bond donors (Lipinski definition) is 0. The Labute approximate surface area is 337 Å². The maximum atomic E-state index is 7.07. The summed E-state index contributed by atoms with van der Waals surface area (Å²) in [7, 11) is 0. The average molecular weight is 761 g/mol. The van der Waals surface area contributed by atoms with E-state index in [1.807, 2.05) is 78.1 Å². The molecule has 0 unspecified atom stereocenters. The highest BCUT2D eigenvalue weighted by Crippen LogP contribution is 2.46. The molecule has 0 radical (unpaired) electrons. The molecule has 0 atom stereocenters. The summed E-state index contributed by atoms with van der Waals surface area (Å²) in [6.45, 7) is 0. The van der Waals surface area contributed by atoms with E-state index < -0.39 is 0 Å². The smallest absolute Gasteiger partial charge is 0.167 e. The second kappa shape index (κ2) is 13.1. The zero-order valence-corrected chi connectivity index (χ0v) is 31.9. The quantitative estimate of drug-likeness (QED) is 0.169. The minimum Gasteiger partial charge on any atom is -0.453 e. The summed E-state index contributed by atoms with van der Waals surface area (Å²) in [4.78, 5) is 15.1. The molecule has 0 fully saturated rings. The molecule has 8 aromatic carbocycles. The van der Waals surface area contributed by atoms with Gasteiger partial charge in [0.15, 0.2) is 23.1 Å². The van der Waals surface area contributed by atoms with Crippen LogP contribution >= 0.6 is 11.3 Å². The van der Waals surface area contributed by atoms with Crippen molar-refractivity contribution in [1.82, 2.24) is 19.5 Å². The van der Waals surface area contributed by atoms with Crippen molar-refractivity contribution in [2.75, 3.05) is 0 Å². The molecule has 12 aromatic rings. The normalized spacial score (nSPS) is 11.9. The SMILES string of the molecule is c1ccc(Cc2cccc3c2sc2c3ccc3c2c2ccccc2n3-c2cccc3c2oc2c(-c4nc(-c5ccccc5)nc(-c5ccccc5)n4)cccc23)cc1. The monoisotopic (exact) mass is 760 g/mol. The predicted octanol–water partition coefficient (Wildman–Crippen LogP) is 13.8. The van der Waals surface area contributed by atoms with Crippen LogP contribution in [-0.2, 0) is 6.42 Å². The molecule has 12 rings (SSSR count). The lowest BCUT2D eigenvalue weighted by molar-refractivity contribution is 0.667. The van der Waals surface area contributed by atoms with Gasteiger partial charge in [-0.2, -0.15) is 0 Å². The summed E-state index contributed by atoms with van der Waals surface area (Å²) in [5.41, 5.74) is 10.2. The summed E-state index contributed by atoms with van der Waals surface area (Å²) in [6.07, 6.45) is 0.900. The number of nitrogens with zero attached hydrogens (tertiary/aromatic N) is 4. The fourth-order valence-electron chi connectivity index (χ4n) is 8.67. The highest BCUT2D eigenvalue weighted by molar-refractivity contribution is 7.27. The number of rotatable bonds is 6. The molecule has 0 bridgehead atoms. The Morgan fingerprint density at radius 2 is 1.02 bits per heavy atom. The maximum absolute atomic E-state index is 7.07. The molecule has 0 aliphatic heterocycles. The molecule has 272 valence electrons. The van der Waals surface area contributed by atoms with Crippen molar-refractivity contribution in [1.29, 1.82) is 0 Å². The van der Waals surface area contributed by atoms with E-state index in [2.05, 4.69) is 120 Å². The molecular weight excluding hydrogens is 729 g/mol. The first-order valence-corrected chi connectivity index (χ1v) is 20.3. The third-order valence-electron chi connectivity index (χ3n) is 11.3. The van der Waals surface area contributed by atoms with Crippen LogP contribution in [0.3, 0.4) is 0 Å². The second-order valence-corrected chi connectivity index (χ2v) is 15.7. The molecule has 0 aliphatic carbocycles. The van der Waals surface area contributed by atoms with Crippen LogP contribution in [0.4, 0.5) is 0 Å². The van der Waals surface area contributed by atoms with Gasteiger partial charge in [-0.3, -0.25) is 0 Å². The standard InChI is InChI=1S/C52H32N4OS/c1-4-15-32(16-5-1)31-35-21-12-25-38-39-29-30-43-45(49(39)58-48(35)38)40-22-10-11-27-42(40)56(43)44-28-14-24-37-36-23-13-26-41(46(36)57-47(37)44)52-54-50(33-17-6-2-7-18-33)53-51(55-52)34-19-8-3-9-20-34/h1-30H,31H2. The fraction of sp³-hybridized carbons (Fsp3) is 0.0192. The summed E-state index contributed by atoms with van der Waals surface area (Å²) < 4.78 is 12.1. The second-order valence-electron chi connectivity index (χ2n) is 14.7. The van der Waals surface area contributed by atoms with Crippen molar-refractivity contribution < 1.29 is 4.42 Å². The van der Waals surface area contributed by atoms with E-state index in [9.17, 15) is 0 Å². The molecule has 5 nitrogen and oxygen atoms in total. The number of fused-ring (bicyclic) bond motifs is 10. The molecule has 0 N–H and O–H groups in total. The maximum Gasteiger partial charge on any atom is 0.167 e. The van der Waals surface area contributed by atoms with Gasteiger partial charge in [0.25, 0.3) is 0 Å². The highest BCUT2D eigenvalue weighted by Gasteiger charge is 2.23. The van der Waals surface area contributed by atoms with Gasteiger partial charge in [0.1, 0.15) is 5.58 Å². The fourth-order valence-corrected chi connectivity index (χ4v) is 10.0. The number of benzene rings is 8. The van der Waals surface area contributed by atoms with Gasteiger partial charge in [-0.05, 0) is 41.8 Å². The molecule has 0 amide bonds. The van der Waals surface area contributed by atoms with Crippen LogP contribution in [0.2, 0.25) is 0 Å². The van der Waals surface area contributed by atoms with Gasteiger partial charge >= 0.3 is 0 Å². The zero-order valence-electron chi connectivity index (χ0n) is 31.1. The van der Waals surface area contributed by atoms with E-state index in [1.165, 1.54) is 42.1 Å². The van der Waals surface area contributed by atoms with Crippen molar-refractivity contribution in [2.45, 2.75) is 6.42 Å². The van der Waals surface area contributed by atoms with Crippen molar-refractivity contribution in [3.05, 3.63) is 193 Å². The molecule has 4 aromatic heterocycles. The summed E-state index contributed by atoms with van der Waals surface area (Å²) >= 11 is 1.91. The summed E-state index contributed by atoms with van der Waals surface area (Å²) in [6, 6.07) is 63.8. The number of furan rings is 1. The van der Waals surface area contributed by atoms with E-state index in [0.29, 0.717) is 17.5 Å². The van der Waals surface area contributed by atoms with E-state index in [1.54, 1.807) is 0 Å². The van der Waals surface area contributed by atoms with E-state index in [-0.39, 0.29) is 0 Å². The zero-order chi connectivity index (χ0) is 38.2. The van der Waals surface area contributed by atoms with Crippen LogP contribution in [-0.4, -0.2) is 19.5 Å². The van der Waals surface area contributed by atoms with E-state index in [0.717, 1.165) is 61.8 Å². The van der Waals surface area contributed by atoms with Crippen LogP contribution in [0, 0.1) is 0 Å². The first kappa shape index (κ1) is 32.8. The Bertz CT molecular complexity index is 3470. The van der Waals surface area contributed by atoms with Crippen LogP contribution in [0.1, 0.15) is 11.1 Å². The number of thiophene rings is 1. The molecule has 0 saturated carbocycles. The Hall–Kier alpha value is -7.41. The van der Waals surface area contributed by atoms with Gasteiger partial charge < -0.3 is 8.98 Å². The Morgan fingerprint density at radius 3 is 1.78 bits per heavy atom. The Balaban J connectivity index is 1.08. The molecule has 0 spiro atoms. The van der Waals surface area contributed by atoms with Crippen LogP contribution in [0.15, 0.2) is 186 Å². The third kappa shape index (κ3) is 5.12. The first-order valence-electron chi connectivity index (χ1n) is 19.5. The Kier molecular flexibility index (Phi) is 7.40. The van der Waals surface area contributed by atoms with Gasteiger partial charge in [0, 0.05) is 52.8 Å². The number of hydrogen-bond acceptors (Lipinski definition) is 5. The van der Waals surface area contributed by atoms with Crippen LogP contribution < -0.4 is 0 Å². The molecule has 4 heterocycles. The number of aromatic nitrogens is 4. The minimum atomic E-state index is 0.564. The third-order valence-corrected chi connectivity index (χ3v) is 12.6. The van der Waals surface area contributed by atoms with Gasteiger partial charge in [0.2, 0.25) is 0 Å². The molecule has 0 aliphatic rings. The average Bonchev–Trinajstić information content (AvgIpc) is 3.97. The largest absolute Gasteiger partial charge is 0.453 e. The topological polar surface area (TPSA) is 56.7 Å². The van der Waals surface area contributed by atoms with Crippen molar-refractivity contribution in [3.63, 3.8) is 0 Å². The van der Waals surface area contributed by atoms with Crippen LogP contribution in [0.5, 0.6) is 0 Å². The van der Waals surface area contributed by atoms with Crippen molar-refractivity contribution >= 4 is 75.3 Å². The first-order chi connectivity index (χ1) is 28.8. The van der Waals surface area contributed by atoms with Crippen molar-refractivity contribution in [3.8, 4) is 39.9 Å². The van der Waals surface area contributed by atoms with Crippen LogP contribution in [0.25, 0.3) is 104 Å². The summed E-state index contributed by atoms with van der Waals surface area (Å²) in [5.74, 6) is 1.79. The molecule has 6 heteroatoms. The van der Waals surface area contributed by atoms with E-state index >= 15 is 0 Å². The minimum absolute atomic E-state index is 0.564. The predicted molar refractivity (Wildman–Crippen MR) is 240 cm³/mol. The van der Waals surface area contributed by atoms with Gasteiger partial charge in [-0.1, -0.05) is 158 Å². The lowest BCUT2D eigenvalue weighted by Crippen LogP contribution is -2.00. The lowest BCUT2D eigenvalue weighted by atomic mass is 10.0. The Morgan fingerprint density at radius 1 is 0.431 bits per heavy atom. The highest BCUT2D eigenvalue weighted by atomic mass is 32.1. The van der Waals surface area contributed by atoms with Crippen molar-refractivity contribution in [2.24, 2.45) is 0 Å². The molecular formula is C52H32N4OS. The van der Waals surface area contributed by atoms with Gasteiger partial charge in [0.05, 0.1) is 22.3 Å². The molecule has 0 saturated heterocycles.